The molecule has 10 nitrogen and oxygen atoms in total. The van der Waals surface area contributed by atoms with Crippen molar-refractivity contribution < 1.29 is 36.7 Å². The fraction of sp³-hybridized carbons (Fsp3) is 0.400. The summed E-state index contributed by atoms with van der Waals surface area (Å²) in [5.41, 5.74) is 3.39. The molecule has 2 aromatic heterocycles. The summed E-state index contributed by atoms with van der Waals surface area (Å²) in [7, 11) is 3.65. The molecule has 0 saturated heterocycles. The van der Waals surface area contributed by atoms with Crippen LogP contribution >= 0.6 is 11.6 Å². The fourth-order valence-corrected chi connectivity index (χ4v) is 9.24. The average Bonchev–Trinajstić information content (AvgIpc) is 3.92. The zero-order chi connectivity index (χ0) is 37.8. The van der Waals surface area contributed by atoms with Gasteiger partial charge in [0.15, 0.2) is 17.7 Å². The summed E-state index contributed by atoms with van der Waals surface area (Å²) in [5.74, 6) is -1.42. The van der Waals surface area contributed by atoms with Gasteiger partial charge in [-0.15, -0.1) is 0 Å². The minimum Gasteiger partial charge on any atom is -0.436 e. The number of methoxy groups -OCH3 is 1. The second kappa shape index (κ2) is 14.2. The van der Waals surface area contributed by atoms with Gasteiger partial charge in [-0.1, -0.05) is 35.9 Å². The van der Waals surface area contributed by atoms with E-state index in [1.54, 1.807) is 24.3 Å². The van der Waals surface area contributed by atoms with Crippen molar-refractivity contribution in [2.45, 2.75) is 58.1 Å². The third-order valence-corrected chi connectivity index (χ3v) is 12.1. The number of nitrogens with one attached hydrogen (secondary N) is 1. The lowest BCUT2D eigenvalue weighted by Crippen LogP contribution is -2.34. The lowest BCUT2D eigenvalue weighted by atomic mass is 9.80. The fourth-order valence-electron chi connectivity index (χ4n) is 8.97. The Morgan fingerprint density at radius 1 is 1.07 bits per heavy atom. The molecule has 14 heteroatoms. The Morgan fingerprint density at radius 3 is 2.57 bits per heavy atom. The summed E-state index contributed by atoms with van der Waals surface area (Å²) in [6.45, 7) is 0.295. The summed E-state index contributed by atoms with van der Waals surface area (Å²) >= 11 is 6.83. The van der Waals surface area contributed by atoms with Crippen molar-refractivity contribution >= 4 is 40.6 Å². The van der Waals surface area contributed by atoms with Gasteiger partial charge in [-0.05, 0) is 74.1 Å². The van der Waals surface area contributed by atoms with Crippen molar-refractivity contribution in [3.63, 3.8) is 0 Å². The molecular weight excluding hydrogens is 723 g/mol. The highest BCUT2D eigenvalue weighted by Gasteiger charge is 2.53. The zero-order valence-electron chi connectivity index (χ0n) is 29.9. The maximum Gasteiger partial charge on any atom is 0.387 e. The van der Waals surface area contributed by atoms with Crippen LogP contribution in [0.15, 0.2) is 52.9 Å². The first-order valence-corrected chi connectivity index (χ1v) is 18.4. The summed E-state index contributed by atoms with van der Waals surface area (Å²) in [5, 5.41) is 2.99. The first kappa shape index (κ1) is 36.3. The predicted molar refractivity (Wildman–Crippen MR) is 196 cm³/mol. The number of hydrogen-bond acceptors (Lipinski definition) is 8. The van der Waals surface area contributed by atoms with Gasteiger partial charge >= 0.3 is 6.61 Å². The maximum absolute atomic E-state index is 16.2. The molecule has 2 aliphatic carbocycles. The first-order chi connectivity index (χ1) is 26.0. The zero-order valence-corrected chi connectivity index (χ0v) is 30.6. The molecule has 1 N–H and O–H groups in total. The summed E-state index contributed by atoms with van der Waals surface area (Å²) in [6, 6.07) is 11.8. The second-order valence-electron chi connectivity index (χ2n) is 14.9. The summed E-state index contributed by atoms with van der Waals surface area (Å²) in [4.78, 5) is 36.7. The van der Waals surface area contributed by atoms with E-state index < -0.39 is 18.3 Å². The molecule has 8 rings (SSSR count). The number of hydrogen-bond donors (Lipinski definition) is 1. The van der Waals surface area contributed by atoms with Crippen LogP contribution in [0.5, 0.6) is 5.75 Å². The van der Waals surface area contributed by atoms with Crippen molar-refractivity contribution in [3.8, 4) is 28.3 Å². The van der Waals surface area contributed by atoms with Gasteiger partial charge in [-0.2, -0.15) is 8.78 Å². The number of alkyl halides is 2. The SMILES string of the molecule is COCC12CCC(CCN3CCc4c(nc(C(=O)Nc5cccc(-c6cccc(-c7nc8cc(C=O)c(OC(F)F)cc8o7)c6F)c5Cl)n4C)C3)(CC1)C2. The number of ether oxygens (including phenoxy) is 2. The summed E-state index contributed by atoms with van der Waals surface area (Å²) in [6.07, 6.45) is 8.65. The van der Waals surface area contributed by atoms with E-state index in [0.717, 1.165) is 43.6 Å². The van der Waals surface area contributed by atoms with E-state index in [2.05, 4.69) is 19.9 Å². The molecule has 54 heavy (non-hydrogen) atoms. The van der Waals surface area contributed by atoms with Crippen LogP contribution in [0.3, 0.4) is 0 Å². The number of oxazole rings is 1. The van der Waals surface area contributed by atoms with E-state index in [4.69, 9.17) is 25.7 Å². The van der Waals surface area contributed by atoms with Crippen molar-refractivity contribution in [2.75, 3.05) is 32.1 Å². The Labute approximate surface area is 314 Å². The number of benzene rings is 3. The molecule has 1 aliphatic heterocycles. The molecule has 2 fully saturated rings. The molecule has 2 saturated carbocycles. The molecule has 2 bridgehead atoms. The smallest absolute Gasteiger partial charge is 0.387 e. The Bertz CT molecular complexity index is 2260. The molecule has 3 aromatic carbocycles. The second-order valence-corrected chi connectivity index (χ2v) is 15.3. The van der Waals surface area contributed by atoms with E-state index in [-0.39, 0.29) is 56.0 Å². The van der Waals surface area contributed by atoms with Gasteiger partial charge in [0.25, 0.3) is 5.91 Å². The number of amides is 1. The molecule has 0 atom stereocenters. The molecule has 5 aromatic rings. The van der Waals surface area contributed by atoms with E-state index in [9.17, 15) is 18.4 Å². The third kappa shape index (κ3) is 6.56. The van der Waals surface area contributed by atoms with Gasteiger partial charge in [0.05, 0.1) is 34.1 Å². The Hall–Kier alpha value is -4.72. The van der Waals surface area contributed by atoms with Crippen molar-refractivity contribution in [1.29, 1.82) is 0 Å². The standard InChI is InChI=1S/C40H39ClF3N5O5/c1-48-30-9-15-49(16-14-39-10-12-40(21-39,13-11-39)22-52-2)19-29(30)45-35(48)36(51)46-27-8-4-5-24(33(27)41)25-6-3-7-26(34(25)42)37-47-28-17-23(20-50)31(54-38(43)44)18-32(28)53-37/h3-8,17-18,20,38H,9-16,19,21-22H2,1-2H3,(H,46,51). The van der Waals surface area contributed by atoms with Crippen LogP contribution < -0.4 is 10.1 Å². The van der Waals surface area contributed by atoms with Gasteiger partial charge in [0.1, 0.15) is 17.1 Å². The van der Waals surface area contributed by atoms with E-state index >= 15 is 4.39 Å². The first-order valence-electron chi connectivity index (χ1n) is 18.0. The van der Waals surface area contributed by atoms with Crippen LogP contribution in [-0.2, 0) is 24.8 Å². The van der Waals surface area contributed by atoms with Gasteiger partial charge in [0.2, 0.25) is 5.89 Å². The largest absolute Gasteiger partial charge is 0.436 e. The number of rotatable bonds is 12. The molecule has 3 heterocycles. The number of nitrogens with zero attached hydrogens (tertiary/aromatic N) is 4. The van der Waals surface area contributed by atoms with Crippen LogP contribution in [0.1, 0.15) is 70.9 Å². The quantitative estimate of drug-likeness (QED) is 0.126. The third-order valence-electron chi connectivity index (χ3n) is 11.7. The van der Waals surface area contributed by atoms with Crippen LogP contribution in [-0.4, -0.2) is 65.0 Å². The van der Waals surface area contributed by atoms with Crippen molar-refractivity contribution in [3.05, 3.63) is 82.1 Å². The number of aromatic nitrogens is 3. The lowest BCUT2D eigenvalue weighted by molar-refractivity contribution is -0.0500. The molecule has 1 amide bonds. The predicted octanol–water partition coefficient (Wildman–Crippen LogP) is 8.70. The highest BCUT2D eigenvalue weighted by atomic mass is 35.5. The highest BCUT2D eigenvalue weighted by Crippen LogP contribution is 2.63. The van der Waals surface area contributed by atoms with Crippen molar-refractivity contribution in [2.24, 2.45) is 17.9 Å². The van der Waals surface area contributed by atoms with E-state index in [0.29, 0.717) is 29.2 Å². The molecule has 0 unspecified atom stereocenters. The van der Waals surface area contributed by atoms with E-state index in [1.807, 2.05) is 18.7 Å². The topological polar surface area (TPSA) is 112 Å². The highest BCUT2D eigenvalue weighted by molar-refractivity contribution is 6.36. The number of fused-ring (bicyclic) bond motifs is 4. The number of carbonyl (C=O) groups is 2. The molecule has 282 valence electrons. The maximum atomic E-state index is 16.2. The minimum absolute atomic E-state index is 0.0225. The number of halogens is 4. The van der Waals surface area contributed by atoms with Gasteiger partial charge in [0, 0.05) is 56.6 Å². The lowest BCUT2D eigenvalue weighted by Gasteiger charge is -2.32. The number of aldehydes is 1. The van der Waals surface area contributed by atoms with Crippen LogP contribution in [0.25, 0.3) is 33.7 Å². The number of anilines is 1. The van der Waals surface area contributed by atoms with Crippen LogP contribution in [0.4, 0.5) is 18.9 Å². The molecule has 3 aliphatic rings. The van der Waals surface area contributed by atoms with Gasteiger partial charge in [-0.3, -0.25) is 14.5 Å². The average molecular weight is 762 g/mol. The molecule has 0 spiro atoms. The van der Waals surface area contributed by atoms with Gasteiger partial charge in [-0.25, -0.2) is 14.4 Å². The minimum atomic E-state index is -3.16. The summed E-state index contributed by atoms with van der Waals surface area (Å²) < 4.78 is 59.6. The van der Waals surface area contributed by atoms with E-state index in [1.165, 1.54) is 56.7 Å². The Kier molecular flexibility index (Phi) is 9.51. The number of carbonyl (C=O) groups excluding carboxylic acids is 2. The Morgan fingerprint density at radius 2 is 1.81 bits per heavy atom. The van der Waals surface area contributed by atoms with Crippen LogP contribution in [0.2, 0.25) is 5.02 Å². The normalized spacial score (nSPS) is 20.9. The van der Waals surface area contributed by atoms with Crippen molar-refractivity contribution in [1.82, 2.24) is 19.4 Å². The van der Waals surface area contributed by atoms with Crippen LogP contribution in [0, 0.1) is 16.6 Å². The molecular formula is C40H39ClF3N5O5. The van der Waals surface area contributed by atoms with Gasteiger partial charge < -0.3 is 23.8 Å². The number of imidazole rings is 1. The monoisotopic (exact) mass is 761 g/mol. The molecule has 0 radical (unpaired) electrons. The Balaban J connectivity index is 0.984.